The van der Waals surface area contributed by atoms with Gasteiger partial charge in [-0.25, -0.2) is 17.5 Å². The van der Waals surface area contributed by atoms with E-state index in [9.17, 15) is 27.2 Å². The number of rotatable bonds is 16. The number of esters is 2. The molecule has 11 nitrogen and oxygen atoms in total. The number of amides is 1. The molecule has 1 N–H and O–H groups in total. The molecule has 0 radical (unpaired) electrons. The molecule has 0 spiro atoms. The molecule has 53 heavy (non-hydrogen) atoms. The standard InChI is InChI=1S/C40H49FN2O9S/c1-27(44)51-36(31-14-16-33(41)17-15-31)21-20-35-37(43(38(35)46)34-18-10-29(11-19-34)7-6-24-42-53(5,47)48)32-12-8-30(9-13-32)22-23-40(52-28(2)45)25-49-39(3,4)50-26-40/h8-19,35-37,42H,6-7,20-26H2,1-5H3/t35?,36-,37?/m0/s1. The largest absolute Gasteiger partial charge is 0.458 e. The van der Waals surface area contributed by atoms with Crippen LogP contribution >= 0.6 is 0 Å². The lowest BCUT2D eigenvalue weighted by atomic mass is 9.78. The van der Waals surface area contributed by atoms with Crippen LogP contribution in [0.25, 0.3) is 0 Å². The molecule has 13 heteroatoms. The minimum Gasteiger partial charge on any atom is -0.458 e. The Labute approximate surface area is 311 Å². The Morgan fingerprint density at radius 3 is 2.11 bits per heavy atom. The maximum absolute atomic E-state index is 13.9. The van der Waals surface area contributed by atoms with Gasteiger partial charge in [-0.2, -0.15) is 0 Å². The monoisotopic (exact) mass is 752 g/mol. The van der Waals surface area contributed by atoms with Gasteiger partial charge in [0, 0.05) is 26.1 Å². The molecule has 5 rings (SSSR count). The molecule has 2 fully saturated rings. The molecule has 3 atom stereocenters. The van der Waals surface area contributed by atoms with Gasteiger partial charge in [0.15, 0.2) is 11.4 Å². The number of aryl methyl sites for hydroxylation is 2. The Kier molecular flexibility index (Phi) is 12.7. The maximum Gasteiger partial charge on any atom is 0.303 e. The summed E-state index contributed by atoms with van der Waals surface area (Å²) >= 11 is 0. The van der Waals surface area contributed by atoms with E-state index in [2.05, 4.69) is 4.72 Å². The molecule has 2 unspecified atom stereocenters. The summed E-state index contributed by atoms with van der Waals surface area (Å²) in [7, 11) is -3.25. The van der Waals surface area contributed by atoms with Gasteiger partial charge in [-0.15, -0.1) is 0 Å². The quantitative estimate of drug-likeness (QED) is 0.104. The molecule has 286 valence electrons. The minimum absolute atomic E-state index is 0.0617. The van der Waals surface area contributed by atoms with E-state index in [1.165, 1.54) is 26.0 Å². The number of ether oxygens (including phenoxy) is 4. The normalized spacial score (nSPS) is 20.0. The van der Waals surface area contributed by atoms with Crippen molar-refractivity contribution in [2.75, 3.05) is 30.9 Å². The second-order valence-electron chi connectivity index (χ2n) is 14.4. The summed E-state index contributed by atoms with van der Waals surface area (Å²) in [6, 6.07) is 21.2. The highest BCUT2D eigenvalue weighted by molar-refractivity contribution is 7.88. The first-order valence-corrected chi connectivity index (χ1v) is 19.8. The van der Waals surface area contributed by atoms with Gasteiger partial charge in [-0.05, 0) is 98.9 Å². The first kappa shape index (κ1) is 40.0. The van der Waals surface area contributed by atoms with Crippen LogP contribution in [0.4, 0.5) is 10.1 Å². The predicted octanol–water partition coefficient (Wildman–Crippen LogP) is 6.11. The number of carbonyl (C=O) groups is 3. The van der Waals surface area contributed by atoms with Gasteiger partial charge in [-0.3, -0.25) is 14.4 Å². The number of halogens is 1. The van der Waals surface area contributed by atoms with Gasteiger partial charge in [0.25, 0.3) is 0 Å². The molecule has 2 saturated heterocycles. The Hall–Kier alpha value is -4.17. The van der Waals surface area contributed by atoms with Crippen molar-refractivity contribution in [3.05, 3.63) is 101 Å². The summed E-state index contributed by atoms with van der Waals surface area (Å²) in [5.74, 6) is -2.50. The lowest BCUT2D eigenvalue weighted by Gasteiger charge is -2.48. The van der Waals surface area contributed by atoms with Crippen molar-refractivity contribution in [2.24, 2.45) is 5.92 Å². The van der Waals surface area contributed by atoms with E-state index >= 15 is 0 Å². The molecule has 2 aliphatic rings. The van der Waals surface area contributed by atoms with Crippen molar-refractivity contribution in [1.82, 2.24) is 4.72 Å². The number of nitrogens with one attached hydrogen (secondary N) is 1. The van der Waals surface area contributed by atoms with Crippen molar-refractivity contribution < 1.29 is 46.1 Å². The number of β-lactam (4-membered cyclic amide) rings is 1. The van der Waals surface area contributed by atoms with E-state index in [4.69, 9.17) is 18.9 Å². The summed E-state index contributed by atoms with van der Waals surface area (Å²) in [5, 5.41) is 0. The highest BCUT2D eigenvalue weighted by atomic mass is 32.2. The van der Waals surface area contributed by atoms with Gasteiger partial charge < -0.3 is 23.8 Å². The topological polar surface area (TPSA) is 138 Å². The third-order valence-electron chi connectivity index (χ3n) is 9.64. The predicted molar refractivity (Wildman–Crippen MR) is 197 cm³/mol. The fraction of sp³-hybridized carbons (Fsp3) is 0.475. The van der Waals surface area contributed by atoms with Crippen LogP contribution < -0.4 is 9.62 Å². The summed E-state index contributed by atoms with van der Waals surface area (Å²) in [6.45, 7) is 7.12. The van der Waals surface area contributed by atoms with E-state index in [0.717, 1.165) is 28.6 Å². The van der Waals surface area contributed by atoms with Crippen molar-refractivity contribution in [2.45, 2.75) is 89.8 Å². The Balaban J connectivity index is 1.34. The molecule has 0 bridgehead atoms. The van der Waals surface area contributed by atoms with E-state index in [-0.39, 0.29) is 25.2 Å². The van der Waals surface area contributed by atoms with Crippen molar-refractivity contribution in [3.63, 3.8) is 0 Å². The Bertz CT molecular complexity index is 1840. The first-order valence-electron chi connectivity index (χ1n) is 17.9. The van der Waals surface area contributed by atoms with Crippen LogP contribution in [0.2, 0.25) is 0 Å². The zero-order valence-electron chi connectivity index (χ0n) is 30.9. The molecular formula is C40H49FN2O9S. The molecule has 1 amide bonds. The van der Waals surface area contributed by atoms with Crippen LogP contribution in [-0.2, 0) is 56.2 Å². The first-order chi connectivity index (χ1) is 25.0. The fourth-order valence-electron chi connectivity index (χ4n) is 6.88. The highest BCUT2D eigenvalue weighted by Gasteiger charge is 2.49. The number of nitrogens with zero attached hydrogens (tertiary/aromatic N) is 1. The fourth-order valence-corrected chi connectivity index (χ4v) is 7.40. The third-order valence-corrected chi connectivity index (χ3v) is 10.4. The van der Waals surface area contributed by atoms with Gasteiger partial charge in [0.05, 0.1) is 31.4 Å². The zero-order valence-corrected chi connectivity index (χ0v) is 31.7. The van der Waals surface area contributed by atoms with Crippen LogP contribution in [0.5, 0.6) is 0 Å². The van der Waals surface area contributed by atoms with Crippen molar-refractivity contribution in [3.8, 4) is 0 Å². The number of benzene rings is 3. The van der Waals surface area contributed by atoms with Gasteiger partial charge in [0.2, 0.25) is 15.9 Å². The zero-order chi connectivity index (χ0) is 38.4. The van der Waals surface area contributed by atoms with Crippen molar-refractivity contribution >= 4 is 33.6 Å². The summed E-state index contributed by atoms with van der Waals surface area (Å²) in [6.07, 6.45) is 3.66. The maximum atomic E-state index is 13.9. The number of hydrogen-bond acceptors (Lipinski definition) is 9. The Morgan fingerprint density at radius 2 is 1.53 bits per heavy atom. The van der Waals surface area contributed by atoms with E-state index < -0.39 is 51.2 Å². The third kappa shape index (κ3) is 10.9. The molecule has 0 aromatic heterocycles. The van der Waals surface area contributed by atoms with Gasteiger partial charge >= 0.3 is 11.9 Å². The lowest BCUT2D eigenvalue weighted by Crippen LogP contribution is -2.55. The van der Waals surface area contributed by atoms with Crippen LogP contribution in [0.3, 0.4) is 0 Å². The van der Waals surface area contributed by atoms with Crippen LogP contribution in [0.15, 0.2) is 72.8 Å². The SMILES string of the molecule is CC(=O)O[C@@H](CCC1C(=O)N(c2ccc(CCCNS(C)(=O)=O)cc2)C1c1ccc(CCC2(OC(C)=O)COC(C)(C)OC2)cc1)c1ccc(F)cc1. The Morgan fingerprint density at radius 1 is 0.925 bits per heavy atom. The average molecular weight is 753 g/mol. The molecule has 0 saturated carbocycles. The number of hydrogen-bond donors (Lipinski definition) is 1. The van der Waals surface area contributed by atoms with E-state index in [0.29, 0.717) is 50.6 Å². The lowest BCUT2D eigenvalue weighted by molar-refractivity contribution is -0.305. The molecule has 0 aliphatic carbocycles. The average Bonchev–Trinajstić information content (AvgIpc) is 3.09. The van der Waals surface area contributed by atoms with Crippen LogP contribution in [0.1, 0.15) is 87.8 Å². The van der Waals surface area contributed by atoms with Crippen molar-refractivity contribution in [1.29, 1.82) is 0 Å². The number of anilines is 1. The smallest absolute Gasteiger partial charge is 0.303 e. The summed E-state index contributed by atoms with van der Waals surface area (Å²) in [4.78, 5) is 39.7. The van der Waals surface area contributed by atoms with Gasteiger partial charge in [-0.1, -0.05) is 48.5 Å². The van der Waals surface area contributed by atoms with Crippen LogP contribution in [0, 0.1) is 11.7 Å². The molecular weight excluding hydrogens is 704 g/mol. The van der Waals surface area contributed by atoms with E-state index in [1.807, 2.05) is 62.4 Å². The molecule has 3 aromatic rings. The summed E-state index contributed by atoms with van der Waals surface area (Å²) < 4.78 is 62.0. The van der Waals surface area contributed by atoms with E-state index in [1.54, 1.807) is 17.0 Å². The molecule has 2 aliphatic heterocycles. The minimum atomic E-state index is -3.25. The van der Waals surface area contributed by atoms with Gasteiger partial charge in [0.1, 0.15) is 11.9 Å². The second-order valence-corrected chi connectivity index (χ2v) is 16.3. The molecule has 3 aromatic carbocycles. The second kappa shape index (κ2) is 16.9. The van der Waals surface area contributed by atoms with Crippen LogP contribution in [-0.4, -0.2) is 63.7 Å². The molecule has 2 heterocycles. The number of carbonyl (C=O) groups excluding carboxylic acids is 3. The summed E-state index contributed by atoms with van der Waals surface area (Å²) in [5.41, 5.74) is 3.44. The number of sulfonamides is 1. The highest BCUT2D eigenvalue weighted by Crippen LogP contribution is 2.47.